The molecule has 0 aromatic carbocycles. The summed E-state index contributed by atoms with van der Waals surface area (Å²) in [5.41, 5.74) is 5.37. The summed E-state index contributed by atoms with van der Waals surface area (Å²) in [5.74, 6) is -1.78. The van der Waals surface area contributed by atoms with E-state index >= 15 is 0 Å². The highest BCUT2D eigenvalue weighted by atomic mass is 31.2. The Hall–Kier alpha value is -1.81. The summed E-state index contributed by atoms with van der Waals surface area (Å²) in [4.78, 5) is 33.6. The molecule has 0 saturated heterocycles. The van der Waals surface area contributed by atoms with E-state index in [2.05, 4.69) is 50.3 Å². The molecule has 0 aliphatic rings. The van der Waals surface area contributed by atoms with E-state index in [0.29, 0.717) is 13.0 Å². The third-order valence-electron chi connectivity index (χ3n) is 11.1. The van der Waals surface area contributed by atoms with Gasteiger partial charge in [-0.2, -0.15) is 0 Å². The van der Waals surface area contributed by atoms with Crippen LogP contribution in [0.25, 0.3) is 0 Å². The highest BCUT2D eigenvalue weighted by Gasteiger charge is 2.27. The number of allylic oxidation sites excluding steroid dienone is 6. The zero-order valence-corrected chi connectivity index (χ0v) is 40.9. The van der Waals surface area contributed by atoms with Gasteiger partial charge in [-0.25, -0.2) is 4.57 Å². The van der Waals surface area contributed by atoms with E-state index in [1.807, 2.05) is 0 Å². The number of phosphoric acid groups is 1. The van der Waals surface area contributed by atoms with Gasteiger partial charge >= 0.3 is 19.8 Å². The molecule has 0 aromatic heterocycles. The summed E-state index contributed by atoms with van der Waals surface area (Å²) in [6.07, 6.45) is 54.9. The molecule has 10 nitrogen and oxygen atoms in total. The number of hydrogen-bond donors (Lipinski definition) is 3. The van der Waals surface area contributed by atoms with Gasteiger partial charge in [0.05, 0.1) is 19.8 Å². The number of rotatable bonds is 49. The number of phosphoric ester groups is 1. The summed E-state index contributed by atoms with van der Waals surface area (Å²) < 4.78 is 33.5. The fraction of sp³-hybridized carbons (Fsp3) is 0.843. The molecular weight excluding hydrogens is 802 g/mol. The first-order valence-corrected chi connectivity index (χ1v) is 27.0. The van der Waals surface area contributed by atoms with Crippen LogP contribution in [0.3, 0.4) is 0 Å². The highest BCUT2D eigenvalue weighted by molar-refractivity contribution is 7.47. The van der Waals surface area contributed by atoms with E-state index in [4.69, 9.17) is 29.4 Å². The molecule has 11 heteroatoms. The van der Waals surface area contributed by atoms with Gasteiger partial charge in [0.25, 0.3) is 0 Å². The van der Waals surface area contributed by atoms with Crippen molar-refractivity contribution >= 4 is 19.8 Å². The molecule has 0 amide bonds. The third kappa shape index (κ3) is 46.2. The molecule has 364 valence electrons. The molecule has 0 rings (SSSR count). The Morgan fingerprint density at radius 2 is 0.887 bits per heavy atom. The standard InChI is InChI=1S/C51H96NO9P/c1-3-5-7-9-11-13-15-17-19-21-22-23-24-25-26-27-28-30-32-34-36-38-40-42-44-58-45-48(46-59-62(56,57)60-47-49(52)51(54)55)61-50(53)43-41-39-37-35-33-31-29-20-18-16-14-12-10-8-6-4-2/h15,17,20-22,29,48-49H,3-14,16,18-19,23-28,30-47,52H2,1-2H3,(H,54,55)(H,56,57)/b17-15-,22-21-,29-20-. The largest absolute Gasteiger partial charge is 0.480 e. The van der Waals surface area contributed by atoms with Gasteiger partial charge in [-0.1, -0.05) is 198 Å². The van der Waals surface area contributed by atoms with Crippen LogP contribution in [0.15, 0.2) is 36.5 Å². The molecule has 0 aromatic rings. The number of carbonyl (C=O) groups excluding carboxylic acids is 1. The molecule has 0 fully saturated rings. The molecule has 3 unspecified atom stereocenters. The summed E-state index contributed by atoms with van der Waals surface area (Å²) in [5, 5.41) is 8.92. The lowest BCUT2D eigenvalue weighted by Gasteiger charge is -2.20. The molecule has 0 heterocycles. The van der Waals surface area contributed by atoms with Gasteiger partial charge in [-0.05, 0) is 70.6 Å². The lowest BCUT2D eigenvalue weighted by molar-refractivity contribution is -0.154. The van der Waals surface area contributed by atoms with Gasteiger partial charge in [-0.15, -0.1) is 0 Å². The SMILES string of the molecule is CCCCCCC/C=C\C/C=C\CCCCCCCCCCCCCCOCC(COP(=O)(O)OCC(N)C(=O)O)OC(=O)CCCCCCC/C=C\CCCCCCCCC. The van der Waals surface area contributed by atoms with Crippen molar-refractivity contribution < 1.29 is 42.7 Å². The van der Waals surface area contributed by atoms with Crippen LogP contribution in [0.5, 0.6) is 0 Å². The molecule has 0 bridgehead atoms. The molecular formula is C51H96NO9P. The predicted octanol–water partition coefficient (Wildman–Crippen LogP) is 14.8. The monoisotopic (exact) mass is 898 g/mol. The second-order valence-electron chi connectivity index (χ2n) is 17.3. The fourth-order valence-corrected chi connectivity index (χ4v) is 7.94. The number of carboxylic acid groups (broad SMARTS) is 1. The Balaban J connectivity index is 4.11. The maximum Gasteiger partial charge on any atom is 0.472 e. The second-order valence-corrected chi connectivity index (χ2v) is 18.7. The Labute approximate surface area is 380 Å². The van der Waals surface area contributed by atoms with Gasteiger partial charge in [0.2, 0.25) is 0 Å². The molecule has 62 heavy (non-hydrogen) atoms. The van der Waals surface area contributed by atoms with Gasteiger partial charge in [-0.3, -0.25) is 18.6 Å². The number of unbranched alkanes of at least 4 members (excludes halogenated alkanes) is 29. The van der Waals surface area contributed by atoms with E-state index in [1.54, 1.807) is 0 Å². The van der Waals surface area contributed by atoms with Gasteiger partial charge in [0.1, 0.15) is 12.1 Å². The zero-order chi connectivity index (χ0) is 45.5. The van der Waals surface area contributed by atoms with Crippen molar-refractivity contribution in [2.45, 2.75) is 251 Å². The molecule has 0 aliphatic heterocycles. The van der Waals surface area contributed by atoms with E-state index in [-0.39, 0.29) is 13.0 Å². The predicted molar refractivity (Wildman–Crippen MR) is 258 cm³/mol. The molecule has 4 N–H and O–H groups in total. The normalized spacial score (nSPS) is 14.0. The number of hydrogen-bond acceptors (Lipinski definition) is 8. The van der Waals surface area contributed by atoms with E-state index in [9.17, 15) is 19.0 Å². The van der Waals surface area contributed by atoms with Crippen molar-refractivity contribution in [1.29, 1.82) is 0 Å². The first kappa shape index (κ1) is 60.2. The topological polar surface area (TPSA) is 155 Å². The van der Waals surface area contributed by atoms with E-state index in [0.717, 1.165) is 57.8 Å². The average molecular weight is 898 g/mol. The van der Waals surface area contributed by atoms with Crippen LogP contribution in [-0.2, 0) is 32.7 Å². The first-order chi connectivity index (χ1) is 30.2. The molecule has 0 spiro atoms. The second kappa shape index (κ2) is 47.2. The summed E-state index contributed by atoms with van der Waals surface area (Å²) in [6, 6.07) is -1.47. The Morgan fingerprint density at radius 3 is 1.32 bits per heavy atom. The summed E-state index contributed by atoms with van der Waals surface area (Å²) >= 11 is 0. The number of esters is 1. The van der Waals surface area contributed by atoms with Crippen LogP contribution in [0.1, 0.15) is 239 Å². The third-order valence-corrected chi connectivity index (χ3v) is 12.1. The number of aliphatic carboxylic acids is 1. The number of ether oxygens (including phenoxy) is 2. The quantitative estimate of drug-likeness (QED) is 0.0233. The summed E-state index contributed by atoms with van der Waals surface area (Å²) in [6.45, 7) is 3.89. The minimum Gasteiger partial charge on any atom is -0.480 e. The van der Waals surface area contributed by atoms with Crippen LogP contribution in [0, 0.1) is 0 Å². The van der Waals surface area contributed by atoms with Gasteiger partial charge < -0.3 is 25.2 Å². The molecule has 0 radical (unpaired) electrons. The van der Waals surface area contributed by atoms with Crippen molar-refractivity contribution in [2.24, 2.45) is 5.73 Å². The van der Waals surface area contributed by atoms with Crippen molar-refractivity contribution in [3.63, 3.8) is 0 Å². The molecule has 0 saturated carbocycles. The van der Waals surface area contributed by atoms with E-state index < -0.39 is 45.1 Å². The minimum absolute atomic E-state index is 0.0144. The lowest BCUT2D eigenvalue weighted by Crippen LogP contribution is -2.34. The Morgan fingerprint density at radius 1 is 0.516 bits per heavy atom. The Bertz CT molecular complexity index is 1130. The number of carboxylic acids is 1. The average Bonchev–Trinajstić information content (AvgIpc) is 3.25. The lowest BCUT2D eigenvalue weighted by atomic mass is 10.0. The van der Waals surface area contributed by atoms with Crippen LogP contribution < -0.4 is 5.73 Å². The van der Waals surface area contributed by atoms with Gasteiger partial charge in [0.15, 0.2) is 0 Å². The van der Waals surface area contributed by atoms with Crippen LogP contribution in [-0.4, -0.2) is 60.5 Å². The highest BCUT2D eigenvalue weighted by Crippen LogP contribution is 2.43. The Kier molecular flexibility index (Phi) is 45.8. The minimum atomic E-state index is -4.62. The molecule has 0 aliphatic carbocycles. The zero-order valence-electron chi connectivity index (χ0n) is 40.0. The number of nitrogens with two attached hydrogens (primary N) is 1. The van der Waals surface area contributed by atoms with Crippen molar-refractivity contribution in [1.82, 2.24) is 0 Å². The van der Waals surface area contributed by atoms with Crippen molar-refractivity contribution in [3.05, 3.63) is 36.5 Å². The maximum absolute atomic E-state index is 12.7. The van der Waals surface area contributed by atoms with Crippen molar-refractivity contribution in [3.8, 4) is 0 Å². The number of carbonyl (C=O) groups is 2. The van der Waals surface area contributed by atoms with Crippen molar-refractivity contribution in [2.75, 3.05) is 26.4 Å². The van der Waals surface area contributed by atoms with Crippen LogP contribution in [0.2, 0.25) is 0 Å². The fourth-order valence-electron chi connectivity index (χ4n) is 7.16. The summed E-state index contributed by atoms with van der Waals surface area (Å²) in [7, 11) is -4.62. The maximum atomic E-state index is 12.7. The van der Waals surface area contributed by atoms with Crippen LogP contribution in [0.4, 0.5) is 0 Å². The van der Waals surface area contributed by atoms with Gasteiger partial charge in [0, 0.05) is 13.0 Å². The van der Waals surface area contributed by atoms with Crippen LogP contribution >= 0.6 is 7.82 Å². The first-order valence-electron chi connectivity index (χ1n) is 25.5. The van der Waals surface area contributed by atoms with E-state index in [1.165, 1.54) is 154 Å². The molecule has 3 atom stereocenters. The smallest absolute Gasteiger partial charge is 0.472 e.